The van der Waals surface area contributed by atoms with E-state index in [1.54, 1.807) is 54.6 Å². The lowest BCUT2D eigenvalue weighted by Gasteiger charge is -2.42. The average molecular weight is 448 g/mol. The number of rotatable bonds is 7. The highest BCUT2D eigenvalue weighted by atomic mass is 16.5. The van der Waals surface area contributed by atoms with Crippen molar-refractivity contribution in [3.05, 3.63) is 83.1 Å². The van der Waals surface area contributed by atoms with Crippen molar-refractivity contribution in [2.45, 2.75) is 31.5 Å². The quantitative estimate of drug-likeness (QED) is 0.369. The second-order valence-electron chi connectivity index (χ2n) is 7.72. The van der Waals surface area contributed by atoms with Crippen molar-refractivity contribution in [2.24, 2.45) is 0 Å². The van der Waals surface area contributed by atoms with Crippen molar-refractivity contribution in [3.8, 4) is 0 Å². The summed E-state index contributed by atoms with van der Waals surface area (Å²) in [5, 5.41) is 11.8. The number of β-lactam (4-membered cyclic amide) rings is 1. The summed E-state index contributed by atoms with van der Waals surface area (Å²) in [4.78, 5) is 63.4. The number of nitrogens with one attached hydrogen (secondary N) is 1. The number of carboxylic acids is 1. The number of ketones is 1. The van der Waals surface area contributed by atoms with Gasteiger partial charge in [-0.15, -0.1) is 0 Å². The van der Waals surface area contributed by atoms with Crippen LogP contribution < -0.4 is 5.32 Å². The molecule has 2 aliphatic heterocycles. The zero-order chi connectivity index (χ0) is 23.7. The van der Waals surface area contributed by atoms with Gasteiger partial charge in [-0.3, -0.25) is 24.1 Å². The number of nitrogens with zero attached hydrogens (tertiary/aromatic N) is 1. The number of carbonyl (C=O) groups excluding carboxylic acids is 4. The zero-order valence-corrected chi connectivity index (χ0v) is 17.6. The number of fused-ring (bicyclic) bond motifs is 1. The summed E-state index contributed by atoms with van der Waals surface area (Å²) in [7, 11) is 0. The van der Waals surface area contributed by atoms with Crippen LogP contribution in [0.25, 0.3) is 0 Å². The number of Topliss-reactive ketones (excluding diaryl/α,β-unsaturated/α-hetero) is 1. The highest BCUT2D eigenvalue weighted by Gasteiger charge is 2.60. The van der Waals surface area contributed by atoms with Crippen LogP contribution in [0.1, 0.15) is 24.0 Å². The van der Waals surface area contributed by atoms with Crippen molar-refractivity contribution >= 4 is 29.5 Å². The second-order valence-corrected chi connectivity index (χ2v) is 7.72. The fourth-order valence-electron chi connectivity index (χ4n) is 4.02. The zero-order valence-electron chi connectivity index (χ0n) is 17.6. The fraction of sp³-hybridized carbons (Fsp3) is 0.208. The molecule has 4 rings (SSSR count). The van der Waals surface area contributed by atoms with Gasteiger partial charge in [0, 0.05) is 5.57 Å². The number of carbonyl (C=O) groups is 5. The van der Waals surface area contributed by atoms with E-state index in [9.17, 15) is 29.1 Å². The molecule has 2 amide bonds. The highest BCUT2D eigenvalue weighted by Crippen LogP contribution is 2.36. The number of hydrogen-bond acceptors (Lipinski definition) is 6. The monoisotopic (exact) mass is 448 g/mol. The van der Waals surface area contributed by atoms with Gasteiger partial charge in [0.15, 0.2) is 11.7 Å². The normalized spacial score (nSPS) is 20.1. The highest BCUT2D eigenvalue weighted by molar-refractivity contribution is 6.20. The fourth-order valence-corrected chi connectivity index (χ4v) is 4.02. The van der Waals surface area contributed by atoms with Gasteiger partial charge < -0.3 is 15.2 Å². The van der Waals surface area contributed by atoms with Gasteiger partial charge in [0.1, 0.15) is 24.4 Å². The molecule has 0 saturated carbocycles. The van der Waals surface area contributed by atoms with Crippen LogP contribution in [-0.2, 0) is 35.3 Å². The molecule has 2 aromatic carbocycles. The van der Waals surface area contributed by atoms with Gasteiger partial charge in [-0.25, -0.2) is 4.79 Å². The van der Waals surface area contributed by atoms with Crippen LogP contribution >= 0.6 is 0 Å². The average Bonchev–Trinajstić information content (AvgIpc) is 3.05. The Morgan fingerprint density at radius 3 is 2.24 bits per heavy atom. The molecule has 1 fully saturated rings. The first kappa shape index (κ1) is 21.9. The third-order valence-corrected chi connectivity index (χ3v) is 5.69. The minimum Gasteiger partial charge on any atom is -0.477 e. The van der Waals surface area contributed by atoms with E-state index in [2.05, 4.69) is 5.32 Å². The van der Waals surface area contributed by atoms with E-state index in [1.165, 1.54) is 6.92 Å². The van der Waals surface area contributed by atoms with Crippen LogP contribution in [0.3, 0.4) is 0 Å². The summed E-state index contributed by atoms with van der Waals surface area (Å²) in [5.41, 5.74) is 0.652. The van der Waals surface area contributed by atoms with Gasteiger partial charge in [0.2, 0.25) is 5.91 Å². The summed E-state index contributed by atoms with van der Waals surface area (Å²) in [5.74, 6) is -5.68. The molecule has 2 unspecified atom stereocenters. The maximum atomic E-state index is 13.1. The standard InChI is InChI=1S/C24H20N2O7/c1-13-18(23(30)31)26-19(20(13)27)17(22(26)29)25-21(28)16(15-10-6-3-7-11-15)24(32)33-12-14-8-4-2-5-9-14/h2-11,16-17,19H,12H2,1H3,(H,25,28)(H,30,31)/t16?,17?,19-/m0/s1. The van der Waals surface area contributed by atoms with Gasteiger partial charge in [-0.2, -0.15) is 0 Å². The lowest BCUT2D eigenvalue weighted by atomic mass is 9.91. The molecule has 2 heterocycles. The molecule has 9 nitrogen and oxygen atoms in total. The summed E-state index contributed by atoms with van der Waals surface area (Å²) < 4.78 is 5.35. The molecule has 2 aromatic rings. The van der Waals surface area contributed by atoms with Crippen LogP contribution in [0.2, 0.25) is 0 Å². The Hall–Kier alpha value is -4.27. The van der Waals surface area contributed by atoms with E-state index >= 15 is 0 Å². The summed E-state index contributed by atoms with van der Waals surface area (Å²) >= 11 is 0. The lowest BCUT2D eigenvalue weighted by Crippen LogP contribution is -2.71. The molecule has 0 aromatic heterocycles. The number of ether oxygens (including phenoxy) is 1. The van der Waals surface area contributed by atoms with E-state index in [-0.39, 0.29) is 17.9 Å². The van der Waals surface area contributed by atoms with Gasteiger partial charge in [-0.05, 0) is 18.1 Å². The molecule has 33 heavy (non-hydrogen) atoms. The van der Waals surface area contributed by atoms with E-state index in [0.29, 0.717) is 5.56 Å². The molecule has 0 spiro atoms. The Kier molecular flexibility index (Phi) is 5.78. The van der Waals surface area contributed by atoms with Crippen LogP contribution in [0.15, 0.2) is 71.9 Å². The van der Waals surface area contributed by atoms with E-state index in [4.69, 9.17) is 4.74 Å². The SMILES string of the molecule is CC1=C(C(=O)O)N2C(=O)C(NC(=O)C(C(=O)OCc3ccccc3)c3ccccc3)[C@H]2C1=O. The summed E-state index contributed by atoms with van der Waals surface area (Å²) in [6.07, 6.45) is 0. The number of esters is 1. The Balaban J connectivity index is 1.52. The minimum absolute atomic E-state index is 0.0430. The molecule has 168 valence electrons. The van der Waals surface area contributed by atoms with Gasteiger partial charge in [0.05, 0.1) is 0 Å². The molecule has 0 bridgehead atoms. The molecule has 2 aliphatic rings. The van der Waals surface area contributed by atoms with Crippen LogP contribution in [0.5, 0.6) is 0 Å². The Labute approximate surface area is 188 Å². The van der Waals surface area contributed by atoms with Crippen LogP contribution in [0, 0.1) is 0 Å². The summed E-state index contributed by atoms with van der Waals surface area (Å²) in [6.45, 7) is 1.28. The molecule has 3 atom stereocenters. The third kappa shape index (κ3) is 3.89. The predicted octanol–water partition coefficient (Wildman–Crippen LogP) is 1.15. The van der Waals surface area contributed by atoms with Crippen molar-refractivity contribution in [3.63, 3.8) is 0 Å². The Morgan fingerprint density at radius 1 is 1.03 bits per heavy atom. The lowest BCUT2D eigenvalue weighted by molar-refractivity contribution is -0.157. The molecule has 2 N–H and O–H groups in total. The molecule has 9 heteroatoms. The first-order valence-corrected chi connectivity index (χ1v) is 10.2. The van der Waals surface area contributed by atoms with Crippen molar-refractivity contribution in [2.75, 3.05) is 0 Å². The van der Waals surface area contributed by atoms with Crippen molar-refractivity contribution in [1.82, 2.24) is 10.2 Å². The first-order valence-electron chi connectivity index (χ1n) is 10.2. The number of benzene rings is 2. The van der Waals surface area contributed by atoms with E-state index in [0.717, 1.165) is 10.5 Å². The molecular formula is C24H20N2O7. The maximum absolute atomic E-state index is 13.1. The minimum atomic E-state index is -1.40. The molecule has 1 saturated heterocycles. The number of amides is 2. The number of hydrogen-bond donors (Lipinski definition) is 2. The van der Waals surface area contributed by atoms with E-state index < -0.39 is 47.5 Å². The first-order chi connectivity index (χ1) is 15.8. The summed E-state index contributed by atoms with van der Waals surface area (Å²) in [6, 6.07) is 14.7. The van der Waals surface area contributed by atoms with Gasteiger partial charge in [-0.1, -0.05) is 60.7 Å². The van der Waals surface area contributed by atoms with E-state index in [1.807, 2.05) is 6.07 Å². The second kappa shape index (κ2) is 8.70. The van der Waals surface area contributed by atoms with Crippen LogP contribution in [0.4, 0.5) is 0 Å². The smallest absolute Gasteiger partial charge is 0.353 e. The largest absolute Gasteiger partial charge is 0.477 e. The van der Waals surface area contributed by atoms with Crippen LogP contribution in [-0.4, -0.2) is 51.6 Å². The molecule has 0 radical (unpaired) electrons. The van der Waals surface area contributed by atoms with Gasteiger partial charge in [0.25, 0.3) is 5.91 Å². The predicted molar refractivity (Wildman–Crippen MR) is 113 cm³/mol. The Morgan fingerprint density at radius 2 is 1.64 bits per heavy atom. The molecule has 0 aliphatic carbocycles. The Bertz CT molecular complexity index is 1170. The van der Waals surface area contributed by atoms with Crippen molar-refractivity contribution in [1.29, 1.82) is 0 Å². The topological polar surface area (TPSA) is 130 Å². The number of aliphatic carboxylic acids is 1. The van der Waals surface area contributed by atoms with Gasteiger partial charge >= 0.3 is 11.9 Å². The van der Waals surface area contributed by atoms with Crippen molar-refractivity contribution < 1.29 is 33.8 Å². The molecular weight excluding hydrogens is 428 g/mol. The maximum Gasteiger partial charge on any atom is 0.353 e. The number of carboxylic acid groups (broad SMARTS) is 1. The third-order valence-electron chi connectivity index (χ3n) is 5.69.